The van der Waals surface area contributed by atoms with Crippen LogP contribution in [0, 0.1) is 5.92 Å². The lowest BCUT2D eigenvalue weighted by Gasteiger charge is -2.26. The fourth-order valence-electron chi connectivity index (χ4n) is 2.63. The van der Waals surface area contributed by atoms with Crippen molar-refractivity contribution in [2.75, 3.05) is 31.6 Å². The minimum Gasteiger partial charge on any atom is -0.375 e. The topological polar surface area (TPSA) is 32.3 Å². The molecule has 0 amide bonds. The van der Waals surface area contributed by atoms with Crippen molar-refractivity contribution >= 4 is 11.5 Å². The van der Waals surface area contributed by atoms with Crippen LogP contribution >= 0.6 is 0 Å². The summed E-state index contributed by atoms with van der Waals surface area (Å²) in [5.41, 5.74) is 1.98. The van der Waals surface area contributed by atoms with E-state index in [2.05, 4.69) is 17.3 Å². The van der Waals surface area contributed by atoms with E-state index in [0.29, 0.717) is 0 Å². The Labute approximate surface area is 116 Å². The van der Waals surface area contributed by atoms with Crippen LogP contribution in [0.4, 0.5) is 5.69 Å². The summed E-state index contributed by atoms with van der Waals surface area (Å²) >= 11 is 0. The maximum Gasteiger partial charge on any atom is 0.159 e. The highest BCUT2D eigenvalue weighted by molar-refractivity contribution is 5.94. The Morgan fingerprint density at radius 1 is 1.26 bits per heavy atom. The van der Waals surface area contributed by atoms with E-state index >= 15 is 0 Å². The van der Waals surface area contributed by atoms with Crippen molar-refractivity contribution in [3.8, 4) is 0 Å². The number of hydrogen-bond donors (Lipinski definition) is 1. The molecule has 1 N–H and O–H groups in total. The second kappa shape index (κ2) is 6.71. The third-order valence-electron chi connectivity index (χ3n) is 4.05. The van der Waals surface area contributed by atoms with E-state index in [1.807, 2.05) is 24.3 Å². The van der Waals surface area contributed by atoms with Crippen LogP contribution in [0.2, 0.25) is 0 Å². The molecule has 104 valence electrons. The molecule has 1 aliphatic rings. The number of carbonyl (C=O) groups is 1. The number of piperidine rings is 1. The van der Waals surface area contributed by atoms with Crippen molar-refractivity contribution in [3.05, 3.63) is 29.8 Å². The number of anilines is 1. The largest absolute Gasteiger partial charge is 0.375 e. The average Bonchev–Trinajstić information content (AvgIpc) is 2.46. The van der Waals surface area contributed by atoms with Gasteiger partial charge in [-0.15, -0.1) is 0 Å². The molecule has 0 radical (unpaired) electrons. The second-order valence-corrected chi connectivity index (χ2v) is 5.51. The standard InChI is InChI=1S/C16H24N2O/c1-13(19)15-3-5-16(6-4-15)18(2)12-9-14-7-10-17-11-8-14/h3-6,14,17H,7-12H2,1-2H3. The number of nitrogens with one attached hydrogen (secondary N) is 1. The maximum atomic E-state index is 11.2. The highest BCUT2D eigenvalue weighted by atomic mass is 16.1. The first-order valence-electron chi connectivity index (χ1n) is 7.19. The van der Waals surface area contributed by atoms with Crippen LogP contribution in [0.25, 0.3) is 0 Å². The summed E-state index contributed by atoms with van der Waals surface area (Å²) in [6.07, 6.45) is 3.86. The summed E-state index contributed by atoms with van der Waals surface area (Å²) in [7, 11) is 2.13. The summed E-state index contributed by atoms with van der Waals surface area (Å²) in [6.45, 7) is 5.03. The molecule has 0 saturated carbocycles. The smallest absolute Gasteiger partial charge is 0.159 e. The molecular weight excluding hydrogens is 236 g/mol. The number of nitrogens with zero attached hydrogens (tertiary/aromatic N) is 1. The Hall–Kier alpha value is -1.35. The molecule has 3 heteroatoms. The van der Waals surface area contributed by atoms with Crippen LogP contribution in [-0.2, 0) is 0 Å². The molecule has 0 unspecified atom stereocenters. The van der Waals surface area contributed by atoms with Gasteiger partial charge in [0.1, 0.15) is 0 Å². The number of hydrogen-bond acceptors (Lipinski definition) is 3. The van der Waals surface area contributed by atoms with Gasteiger partial charge in [-0.05, 0) is 69.5 Å². The molecule has 0 aromatic heterocycles. The third-order valence-corrected chi connectivity index (χ3v) is 4.05. The number of carbonyl (C=O) groups excluding carboxylic acids is 1. The molecule has 1 fully saturated rings. The predicted molar refractivity (Wildman–Crippen MR) is 79.9 cm³/mol. The lowest BCUT2D eigenvalue weighted by molar-refractivity contribution is 0.101. The van der Waals surface area contributed by atoms with Gasteiger partial charge in [0.2, 0.25) is 0 Å². The lowest BCUT2D eigenvalue weighted by Crippen LogP contribution is -2.30. The molecule has 0 bridgehead atoms. The molecule has 0 atom stereocenters. The zero-order valence-electron chi connectivity index (χ0n) is 12.0. The van der Waals surface area contributed by atoms with Crippen molar-refractivity contribution in [2.24, 2.45) is 5.92 Å². The summed E-state index contributed by atoms with van der Waals surface area (Å²) in [6, 6.07) is 7.91. The van der Waals surface area contributed by atoms with Crippen LogP contribution in [0.3, 0.4) is 0 Å². The predicted octanol–water partition coefficient (Wildman–Crippen LogP) is 2.72. The van der Waals surface area contributed by atoms with Crippen LogP contribution < -0.4 is 10.2 Å². The van der Waals surface area contributed by atoms with Gasteiger partial charge in [0.25, 0.3) is 0 Å². The van der Waals surface area contributed by atoms with E-state index in [0.717, 1.165) is 18.0 Å². The fraction of sp³-hybridized carbons (Fsp3) is 0.562. The lowest BCUT2D eigenvalue weighted by atomic mass is 9.94. The van der Waals surface area contributed by atoms with Crippen molar-refractivity contribution in [1.29, 1.82) is 0 Å². The van der Waals surface area contributed by atoms with Crippen molar-refractivity contribution in [1.82, 2.24) is 5.32 Å². The number of rotatable bonds is 5. The highest BCUT2D eigenvalue weighted by Crippen LogP contribution is 2.19. The van der Waals surface area contributed by atoms with E-state index in [1.165, 1.54) is 38.0 Å². The fourth-order valence-corrected chi connectivity index (χ4v) is 2.63. The first-order valence-corrected chi connectivity index (χ1v) is 7.19. The summed E-state index contributed by atoms with van der Waals surface area (Å²) in [5.74, 6) is 0.990. The van der Waals surface area contributed by atoms with Crippen molar-refractivity contribution < 1.29 is 4.79 Å². The van der Waals surface area contributed by atoms with Gasteiger partial charge in [-0.3, -0.25) is 4.79 Å². The molecule has 1 aliphatic heterocycles. The molecule has 3 nitrogen and oxygen atoms in total. The SMILES string of the molecule is CC(=O)c1ccc(N(C)CCC2CCNCC2)cc1. The van der Waals surface area contributed by atoms with Gasteiger partial charge in [0.15, 0.2) is 5.78 Å². The van der Waals surface area contributed by atoms with Crippen molar-refractivity contribution in [3.63, 3.8) is 0 Å². The van der Waals surface area contributed by atoms with E-state index in [9.17, 15) is 4.79 Å². The third kappa shape index (κ3) is 4.06. The van der Waals surface area contributed by atoms with E-state index in [4.69, 9.17) is 0 Å². The summed E-state index contributed by atoms with van der Waals surface area (Å²) < 4.78 is 0. The molecule has 2 rings (SSSR count). The Morgan fingerprint density at radius 2 is 1.89 bits per heavy atom. The molecular formula is C16H24N2O. The zero-order valence-corrected chi connectivity index (χ0v) is 12.0. The normalized spacial score (nSPS) is 16.3. The molecule has 1 aromatic rings. The molecule has 0 aliphatic carbocycles. The van der Waals surface area contributed by atoms with Gasteiger partial charge in [0, 0.05) is 24.8 Å². The van der Waals surface area contributed by atoms with E-state index in [1.54, 1.807) is 6.92 Å². The number of Topliss-reactive ketones (excluding diaryl/α,β-unsaturated/α-hetero) is 1. The second-order valence-electron chi connectivity index (χ2n) is 5.51. The Balaban J connectivity index is 1.84. The van der Waals surface area contributed by atoms with E-state index in [-0.39, 0.29) is 5.78 Å². The maximum absolute atomic E-state index is 11.2. The van der Waals surface area contributed by atoms with Crippen LogP contribution in [-0.4, -0.2) is 32.5 Å². The number of benzene rings is 1. The first kappa shape index (κ1) is 14.1. The Morgan fingerprint density at radius 3 is 2.47 bits per heavy atom. The molecule has 19 heavy (non-hydrogen) atoms. The summed E-state index contributed by atoms with van der Waals surface area (Å²) in [4.78, 5) is 13.5. The van der Waals surface area contributed by atoms with Gasteiger partial charge >= 0.3 is 0 Å². The molecule has 1 heterocycles. The van der Waals surface area contributed by atoms with Gasteiger partial charge in [-0.25, -0.2) is 0 Å². The minimum atomic E-state index is 0.129. The molecule has 0 spiro atoms. The van der Waals surface area contributed by atoms with Crippen LogP contribution in [0.5, 0.6) is 0 Å². The van der Waals surface area contributed by atoms with Crippen LogP contribution in [0.15, 0.2) is 24.3 Å². The monoisotopic (exact) mass is 260 g/mol. The highest BCUT2D eigenvalue weighted by Gasteiger charge is 2.13. The van der Waals surface area contributed by atoms with Gasteiger partial charge in [-0.1, -0.05) is 0 Å². The first-order chi connectivity index (χ1) is 9.16. The quantitative estimate of drug-likeness (QED) is 0.826. The Kier molecular flexibility index (Phi) is 4.97. The van der Waals surface area contributed by atoms with Gasteiger partial charge < -0.3 is 10.2 Å². The Bertz CT molecular complexity index is 407. The zero-order chi connectivity index (χ0) is 13.7. The van der Waals surface area contributed by atoms with E-state index < -0.39 is 0 Å². The number of ketones is 1. The average molecular weight is 260 g/mol. The van der Waals surface area contributed by atoms with Crippen LogP contribution in [0.1, 0.15) is 36.5 Å². The van der Waals surface area contributed by atoms with Gasteiger partial charge in [0.05, 0.1) is 0 Å². The molecule has 1 saturated heterocycles. The van der Waals surface area contributed by atoms with Gasteiger partial charge in [-0.2, -0.15) is 0 Å². The molecule has 1 aromatic carbocycles. The van der Waals surface area contributed by atoms with Crippen molar-refractivity contribution in [2.45, 2.75) is 26.2 Å². The minimum absolute atomic E-state index is 0.129. The summed E-state index contributed by atoms with van der Waals surface area (Å²) in [5, 5.41) is 3.41.